The van der Waals surface area contributed by atoms with Gasteiger partial charge in [-0.25, -0.2) is 0 Å². The quantitative estimate of drug-likeness (QED) is 0.770. The van der Waals surface area contributed by atoms with Crippen molar-refractivity contribution in [1.29, 1.82) is 0 Å². The van der Waals surface area contributed by atoms with Gasteiger partial charge in [-0.1, -0.05) is 45.4 Å². The van der Waals surface area contributed by atoms with Crippen LogP contribution < -0.4 is 10.1 Å². The molecule has 120 valence electrons. The fraction of sp³-hybridized carbons (Fsp3) is 0.667. The molecule has 0 aliphatic heterocycles. The van der Waals surface area contributed by atoms with Crippen LogP contribution in [-0.4, -0.2) is 23.9 Å². The minimum atomic E-state index is -0.812. The molecule has 0 aliphatic rings. The number of hydrogen-bond donors (Lipinski definition) is 2. The van der Waals surface area contributed by atoms with E-state index >= 15 is 0 Å². The van der Waals surface area contributed by atoms with Gasteiger partial charge in [-0.2, -0.15) is 0 Å². The predicted octanol–water partition coefficient (Wildman–Crippen LogP) is 3.53. The van der Waals surface area contributed by atoms with Crippen LogP contribution in [0.5, 0.6) is 5.75 Å². The van der Waals surface area contributed by atoms with Crippen LogP contribution in [0.15, 0.2) is 18.2 Å². The third-order valence-corrected chi connectivity index (χ3v) is 3.85. The highest BCUT2D eigenvalue weighted by Gasteiger charge is 2.26. The van der Waals surface area contributed by atoms with Crippen molar-refractivity contribution in [3.05, 3.63) is 29.3 Å². The average molecular weight is 293 g/mol. The van der Waals surface area contributed by atoms with Gasteiger partial charge in [-0.3, -0.25) is 0 Å². The first kappa shape index (κ1) is 18.0. The molecule has 0 aromatic heterocycles. The lowest BCUT2D eigenvalue weighted by atomic mass is 9.94. The molecule has 3 heteroatoms. The molecule has 1 rings (SSSR count). The molecule has 0 saturated heterocycles. The molecular weight excluding hydrogens is 262 g/mol. The van der Waals surface area contributed by atoms with Gasteiger partial charge in [0.05, 0.1) is 5.60 Å². The number of aliphatic hydroxyl groups is 1. The second kappa shape index (κ2) is 7.81. The SMILES string of the molecule is Cc1ccc(OCC(C)(O)C(C)C)c(CNCC(C)C)c1. The van der Waals surface area contributed by atoms with Crippen LogP contribution >= 0.6 is 0 Å². The summed E-state index contributed by atoms with van der Waals surface area (Å²) in [7, 11) is 0. The van der Waals surface area contributed by atoms with Gasteiger partial charge in [-0.05, 0) is 38.3 Å². The third kappa shape index (κ3) is 6.06. The molecule has 1 atom stereocenters. The number of aryl methyl sites for hydroxylation is 1. The summed E-state index contributed by atoms with van der Waals surface area (Å²) in [5.74, 6) is 1.64. The number of hydrogen-bond acceptors (Lipinski definition) is 3. The molecule has 1 aromatic carbocycles. The fourth-order valence-electron chi connectivity index (χ4n) is 1.87. The Labute approximate surface area is 129 Å². The largest absolute Gasteiger partial charge is 0.490 e. The van der Waals surface area contributed by atoms with E-state index in [2.05, 4.69) is 32.2 Å². The van der Waals surface area contributed by atoms with Crippen LogP contribution in [0.1, 0.15) is 45.7 Å². The summed E-state index contributed by atoms with van der Waals surface area (Å²) < 4.78 is 5.89. The van der Waals surface area contributed by atoms with Gasteiger partial charge in [0.15, 0.2) is 0 Å². The number of ether oxygens (including phenoxy) is 1. The van der Waals surface area contributed by atoms with Crippen LogP contribution in [0.25, 0.3) is 0 Å². The summed E-state index contributed by atoms with van der Waals surface area (Å²) in [6.07, 6.45) is 0. The van der Waals surface area contributed by atoms with Crippen LogP contribution in [-0.2, 0) is 6.54 Å². The maximum absolute atomic E-state index is 10.3. The van der Waals surface area contributed by atoms with Gasteiger partial charge in [0.25, 0.3) is 0 Å². The first-order chi connectivity index (χ1) is 9.72. The van der Waals surface area contributed by atoms with E-state index in [1.165, 1.54) is 5.56 Å². The highest BCUT2D eigenvalue weighted by atomic mass is 16.5. The first-order valence-electron chi connectivity index (χ1n) is 7.87. The Bertz CT molecular complexity index is 439. The third-order valence-electron chi connectivity index (χ3n) is 3.85. The van der Waals surface area contributed by atoms with E-state index < -0.39 is 5.60 Å². The second-order valence-corrected chi connectivity index (χ2v) is 6.94. The molecule has 21 heavy (non-hydrogen) atoms. The maximum Gasteiger partial charge on any atom is 0.123 e. The lowest BCUT2D eigenvalue weighted by Gasteiger charge is -2.28. The zero-order valence-corrected chi connectivity index (χ0v) is 14.4. The van der Waals surface area contributed by atoms with E-state index in [0.29, 0.717) is 12.5 Å². The van der Waals surface area contributed by atoms with Crippen molar-refractivity contribution in [2.45, 2.75) is 53.7 Å². The molecule has 1 aromatic rings. The minimum Gasteiger partial charge on any atom is -0.490 e. The van der Waals surface area contributed by atoms with Crippen molar-refractivity contribution >= 4 is 0 Å². The van der Waals surface area contributed by atoms with Crippen molar-refractivity contribution in [3.63, 3.8) is 0 Å². The zero-order valence-electron chi connectivity index (χ0n) is 14.4. The Hall–Kier alpha value is -1.06. The van der Waals surface area contributed by atoms with Gasteiger partial charge >= 0.3 is 0 Å². The van der Waals surface area contributed by atoms with Crippen LogP contribution in [0.3, 0.4) is 0 Å². The van der Waals surface area contributed by atoms with Crippen molar-refractivity contribution in [2.24, 2.45) is 11.8 Å². The summed E-state index contributed by atoms with van der Waals surface area (Å²) in [5, 5.41) is 13.8. The number of benzene rings is 1. The van der Waals surface area contributed by atoms with Gasteiger partial charge < -0.3 is 15.2 Å². The Morgan fingerprint density at radius 3 is 2.48 bits per heavy atom. The fourth-order valence-corrected chi connectivity index (χ4v) is 1.87. The van der Waals surface area contributed by atoms with E-state index in [4.69, 9.17) is 4.74 Å². The molecule has 0 spiro atoms. The molecule has 0 bridgehead atoms. The van der Waals surface area contributed by atoms with E-state index in [1.807, 2.05) is 32.9 Å². The molecule has 2 N–H and O–H groups in total. The van der Waals surface area contributed by atoms with E-state index in [0.717, 1.165) is 24.4 Å². The standard InChI is InChI=1S/C18H31NO2/c1-13(2)10-19-11-16-9-15(5)7-8-17(16)21-12-18(6,20)14(3)4/h7-9,13-14,19-20H,10-12H2,1-6H3. The van der Waals surface area contributed by atoms with Gasteiger partial charge in [0.2, 0.25) is 0 Å². The van der Waals surface area contributed by atoms with Crippen LogP contribution in [0.2, 0.25) is 0 Å². The highest BCUT2D eigenvalue weighted by Crippen LogP contribution is 2.23. The Morgan fingerprint density at radius 1 is 1.24 bits per heavy atom. The Morgan fingerprint density at radius 2 is 1.90 bits per heavy atom. The van der Waals surface area contributed by atoms with E-state index in [-0.39, 0.29) is 5.92 Å². The minimum absolute atomic E-state index is 0.158. The van der Waals surface area contributed by atoms with Crippen LogP contribution in [0, 0.1) is 18.8 Å². The number of nitrogens with one attached hydrogen (secondary N) is 1. The summed E-state index contributed by atoms with van der Waals surface area (Å²) in [4.78, 5) is 0. The Kier molecular flexibility index (Phi) is 6.69. The highest BCUT2D eigenvalue weighted by molar-refractivity contribution is 5.37. The zero-order chi connectivity index (χ0) is 16.0. The van der Waals surface area contributed by atoms with Crippen LogP contribution in [0.4, 0.5) is 0 Å². The summed E-state index contributed by atoms with van der Waals surface area (Å²) in [6, 6.07) is 6.19. The summed E-state index contributed by atoms with van der Waals surface area (Å²) in [6.45, 7) is 14.4. The van der Waals surface area contributed by atoms with Crippen molar-refractivity contribution < 1.29 is 9.84 Å². The van der Waals surface area contributed by atoms with Crippen molar-refractivity contribution in [3.8, 4) is 5.75 Å². The smallest absolute Gasteiger partial charge is 0.123 e. The molecule has 0 saturated carbocycles. The molecular formula is C18H31NO2. The topological polar surface area (TPSA) is 41.5 Å². The predicted molar refractivity (Wildman–Crippen MR) is 88.7 cm³/mol. The summed E-state index contributed by atoms with van der Waals surface area (Å²) >= 11 is 0. The van der Waals surface area contributed by atoms with E-state index in [9.17, 15) is 5.11 Å². The normalized spacial score (nSPS) is 14.5. The van der Waals surface area contributed by atoms with Crippen molar-refractivity contribution in [2.75, 3.05) is 13.2 Å². The maximum atomic E-state index is 10.3. The molecule has 0 aliphatic carbocycles. The molecule has 0 amide bonds. The number of rotatable bonds is 8. The Balaban J connectivity index is 2.72. The summed E-state index contributed by atoms with van der Waals surface area (Å²) in [5.41, 5.74) is 1.56. The van der Waals surface area contributed by atoms with Gasteiger partial charge in [0.1, 0.15) is 12.4 Å². The first-order valence-corrected chi connectivity index (χ1v) is 7.87. The monoisotopic (exact) mass is 293 g/mol. The lowest BCUT2D eigenvalue weighted by Crippen LogP contribution is -2.38. The molecule has 1 unspecified atom stereocenters. The molecule has 0 heterocycles. The van der Waals surface area contributed by atoms with Crippen molar-refractivity contribution in [1.82, 2.24) is 5.32 Å². The average Bonchev–Trinajstić information content (AvgIpc) is 2.37. The molecule has 0 fully saturated rings. The second-order valence-electron chi connectivity index (χ2n) is 6.94. The van der Waals surface area contributed by atoms with Gasteiger partial charge in [0, 0.05) is 12.1 Å². The lowest BCUT2D eigenvalue weighted by molar-refractivity contribution is -0.0268. The molecule has 0 radical (unpaired) electrons. The molecule has 3 nitrogen and oxygen atoms in total. The van der Waals surface area contributed by atoms with Gasteiger partial charge in [-0.15, -0.1) is 0 Å². The van der Waals surface area contributed by atoms with E-state index in [1.54, 1.807) is 0 Å².